The Morgan fingerprint density at radius 1 is 1.36 bits per heavy atom. The Bertz CT molecular complexity index is 304. The van der Waals surface area contributed by atoms with Crippen molar-refractivity contribution in [3.05, 3.63) is 34.3 Å². The first kappa shape index (κ1) is 6.86. The van der Waals surface area contributed by atoms with Crippen molar-refractivity contribution in [2.45, 2.75) is 13.0 Å². The molecule has 1 nitrogen and oxygen atoms in total. The highest BCUT2D eigenvalue weighted by Gasteiger charge is 2.07. The Kier molecular flexibility index (Phi) is 1.66. The topological polar surface area (TPSA) is 12.4 Å². The van der Waals surface area contributed by atoms with Gasteiger partial charge in [-0.05, 0) is 17.2 Å². The maximum absolute atomic E-state index is 5.98. The number of aliphatic imine (C=N–C) groups is 1. The van der Waals surface area contributed by atoms with E-state index in [0.29, 0.717) is 0 Å². The smallest absolute Gasteiger partial charge is 0.0639 e. The van der Waals surface area contributed by atoms with Gasteiger partial charge in [0.15, 0.2) is 0 Å². The van der Waals surface area contributed by atoms with Gasteiger partial charge >= 0.3 is 0 Å². The van der Waals surface area contributed by atoms with E-state index in [1.807, 2.05) is 18.3 Å². The van der Waals surface area contributed by atoms with Gasteiger partial charge in [-0.3, -0.25) is 4.99 Å². The largest absolute Gasteiger partial charge is 0.292 e. The summed E-state index contributed by atoms with van der Waals surface area (Å²) in [5, 5.41) is 0.869. The molecule has 0 aliphatic carbocycles. The van der Waals surface area contributed by atoms with Crippen molar-refractivity contribution in [3.8, 4) is 0 Å². The summed E-state index contributed by atoms with van der Waals surface area (Å²) in [5.74, 6) is 0. The van der Waals surface area contributed by atoms with Crippen LogP contribution in [0.1, 0.15) is 11.1 Å². The molecule has 11 heavy (non-hydrogen) atoms. The third-order valence-electron chi connectivity index (χ3n) is 1.90. The highest BCUT2D eigenvalue weighted by Crippen LogP contribution is 2.22. The van der Waals surface area contributed by atoms with E-state index in [1.54, 1.807) is 0 Å². The van der Waals surface area contributed by atoms with Crippen molar-refractivity contribution < 1.29 is 0 Å². The van der Waals surface area contributed by atoms with Crippen LogP contribution in [0, 0.1) is 0 Å². The Morgan fingerprint density at radius 3 is 3.09 bits per heavy atom. The molecule has 2 rings (SSSR count). The standard InChI is InChI=1S/C9H8ClN/c10-9-3-1-2-7-6-11-5-4-8(7)9/h1-3,5H,4,6H2. The van der Waals surface area contributed by atoms with E-state index in [9.17, 15) is 0 Å². The van der Waals surface area contributed by atoms with Crippen molar-refractivity contribution in [1.82, 2.24) is 0 Å². The number of rotatable bonds is 0. The number of fused-ring (bicyclic) bond motifs is 1. The van der Waals surface area contributed by atoms with Crippen LogP contribution in [0.4, 0.5) is 0 Å². The second kappa shape index (κ2) is 2.67. The molecule has 0 spiro atoms. The van der Waals surface area contributed by atoms with Gasteiger partial charge in [-0.1, -0.05) is 23.7 Å². The van der Waals surface area contributed by atoms with Gasteiger partial charge in [-0.15, -0.1) is 0 Å². The van der Waals surface area contributed by atoms with E-state index in [4.69, 9.17) is 11.6 Å². The number of hydrogen-bond acceptors (Lipinski definition) is 1. The summed E-state index contributed by atoms with van der Waals surface area (Å²) < 4.78 is 0. The van der Waals surface area contributed by atoms with Crippen LogP contribution in [0.3, 0.4) is 0 Å². The minimum Gasteiger partial charge on any atom is -0.292 e. The molecule has 0 saturated carbocycles. The Labute approximate surface area is 70.7 Å². The van der Waals surface area contributed by atoms with E-state index in [1.165, 1.54) is 11.1 Å². The van der Waals surface area contributed by atoms with Crippen LogP contribution in [0.15, 0.2) is 23.2 Å². The zero-order valence-electron chi connectivity index (χ0n) is 6.05. The molecule has 0 unspecified atom stereocenters. The van der Waals surface area contributed by atoms with Crippen LogP contribution in [-0.2, 0) is 13.0 Å². The minimum absolute atomic E-state index is 0.788. The maximum atomic E-state index is 5.98. The van der Waals surface area contributed by atoms with Crippen LogP contribution in [-0.4, -0.2) is 6.21 Å². The zero-order chi connectivity index (χ0) is 7.68. The van der Waals surface area contributed by atoms with E-state index < -0.39 is 0 Å². The third kappa shape index (κ3) is 1.16. The quantitative estimate of drug-likeness (QED) is 0.560. The van der Waals surface area contributed by atoms with Gasteiger partial charge in [0.1, 0.15) is 0 Å². The minimum atomic E-state index is 0.788. The molecule has 0 bridgehead atoms. The van der Waals surface area contributed by atoms with Crippen molar-refractivity contribution in [2.24, 2.45) is 4.99 Å². The van der Waals surface area contributed by atoms with E-state index in [-0.39, 0.29) is 0 Å². The predicted molar refractivity (Wildman–Crippen MR) is 47.4 cm³/mol. The molecule has 0 saturated heterocycles. The molecule has 1 aromatic carbocycles. The third-order valence-corrected chi connectivity index (χ3v) is 2.26. The van der Waals surface area contributed by atoms with Gasteiger partial charge in [0.05, 0.1) is 6.54 Å². The summed E-state index contributed by atoms with van der Waals surface area (Å²) in [5.41, 5.74) is 2.50. The van der Waals surface area contributed by atoms with Crippen LogP contribution in [0.2, 0.25) is 5.02 Å². The van der Waals surface area contributed by atoms with Crippen LogP contribution in [0.5, 0.6) is 0 Å². The molecule has 0 fully saturated rings. The lowest BCUT2D eigenvalue weighted by Gasteiger charge is -2.10. The molecule has 0 radical (unpaired) electrons. The first-order valence-corrected chi connectivity index (χ1v) is 4.00. The number of hydrogen-bond donors (Lipinski definition) is 0. The Balaban J connectivity index is 2.54. The summed E-state index contributed by atoms with van der Waals surface area (Å²) >= 11 is 5.98. The summed E-state index contributed by atoms with van der Waals surface area (Å²) in [6, 6.07) is 5.99. The molecule has 1 heterocycles. The first-order chi connectivity index (χ1) is 5.38. The molecule has 1 aliphatic rings. The van der Waals surface area contributed by atoms with Gasteiger partial charge in [-0.25, -0.2) is 0 Å². The molecule has 1 aromatic rings. The van der Waals surface area contributed by atoms with Crippen molar-refractivity contribution >= 4 is 17.8 Å². The lowest BCUT2D eigenvalue weighted by Crippen LogP contribution is -2.00. The summed E-state index contributed by atoms with van der Waals surface area (Å²) in [6.07, 6.45) is 2.81. The normalized spacial score (nSPS) is 14.6. The summed E-state index contributed by atoms with van der Waals surface area (Å²) in [7, 11) is 0. The molecule has 1 aliphatic heterocycles. The van der Waals surface area contributed by atoms with Crippen LogP contribution in [0.25, 0.3) is 0 Å². The Morgan fingerprint density at radius 2 is 2.27 bits per heavy atom. The fourth-order valence-electron chi connectivity index (χ4n) is 1.30. The molecule has 0 N–H and O–H groups in total. The lowest BCUT2D eigenvalue weighted by molar-refractivity contribution is 1.00. The fraction of sp³-hybridized carbons (Fsp3) is 0.222. The Hall–Kier alpha value is -0.820. The number of benzene rings is 1. The van der Waals surface area contributed by atoms with Gasteiger partial charge < -0.3 is 0 Å². The molecular formula is C9H8ClN. The molecule has 2 heteroatoms. The SMILES string of the molecule is Clc1cccc2c1CC=NC2. The molecule has 0 aromatic heterocycles. The second-order valence-electron chi connectivity index (χ2n) is 2.60. The van der Waals surface area contributed by atoms with E-state index in [0.717, 1.165) is 18.0 Å². The van der Waals surface area contributed by atoms with Gasteiger partial charge in [0.25, 0.3) is 0 Å². The highest BCUT2D eigenvalue weighted by atomic mass is 35.5. The summed E-state index contributed by atoms with van der Waals surface area (Å²) in [6.45, 7) is 0.788. The van der Waals surface area contributed by atoms with Crippen LogP contribution < -0.4 is 0 Å². The van der Waals surface area contributed by atoms with Gasteiger partial charge in [-0.2, -0.15) is 0 Å². The van der Waals surface area contributed by atoms with Crippen molar-refractivity contribution in [2.75, 3.05) is 0 Å². The molecule has 56 valence electrons. The zero-order valence-corrected chi connectivity index (χ0v) is 6.80. The monoisotopic (exact) mass is 165 g/mol. The molecular weight excluding hydrogens is 158 g/mol. The summed E-state index contributed by atoms with van der Waals surface area (Å²) in [4.78, 5) is 4.18. The van der Waals surface area contributed by atoms with Crippen LogP contribution >= 0.6 is 11.6 Å². The fourth-order valence-corrected chi connectivity index (χ4v) is 1.57. The van der Waals surface area contributed by atoms with E-state index >= 15 is 0 Å². The lowest BCUT2D eigenvalue weighted by atomic mass is 10.0. The highest BCUT2D eigenvalue weighted by molar-refractivity contribution is 6.31. The van der Waals surface area contributed by atoms with E-state index in [2.05, 4.69) is 11.1 Å². The average Bonchev–Trinajstić information content (AvgIpc) is 2.06. The molecule has 0 amide bonds. The average molecular weight is 166 g/mol. The van der Waals surface area contributed by atoms with Gasteiger partial charge in [0.2, 0.25) is 0 Å². The number of halogens is 1. The second-order valence-corrected chi connectivity index (χ2v) is 3.01. The van der Waals surface area contributed by atoms with Crippen molar-refractivity contribution in [1.29, 1.82) is 0 Å². The first-order valence-electron chi connectivity index (χ1n) is 3.62. The number of nitrogens with zero attached hydrogens (tertiary/aromatic N) is 1. The van der Waals surface area contributed by atoms with Crippen molar-refractivity contribution in [3.63, 3.8) is 0 Å². The predicted octanol–water partition coefficient (Wildman–Crippen LogP) is 2.47. The van der Waals surface area contributed by atoms with Gasteiger partial charge in [0, 0.05) is 17.7 Å². The maximum Gasteiger partial charge on any atom is 0.0639 e. The molecule has 0 atom stereocenters.